The highest BCUT2D eigenvalue weighted by Crippen LogP contribution is 2.13. The van der Waals surface area contributed by atoms with Gasteiger partial charge < -0.3 is 5.32 Å². The van der Waals surface area contributed by atoms with Gasteiger partial charge in [0, 0.05) is 5.39 Å². The second-order valence-electron chi connectivity index (χ2n) is 4.40. The van der Waals surface area contributed by atoms with Crippen molar-refractivity contribution in [3.8, 4) is 0 Å². The van der Waals surface area contributed by atoms with Gasteiger partial charge in [0.2, 0.25) is 5.91 Å². The van der Waals surface area contributed by atoms with Crippen LogP contribution in [0.1, 0.15) is 5.69 Å². The van der Waals surface area contributed by atoms with Crippen LogP contribution in [-0.2, 0) is 11.3 Å². The summed E-state index contributed by atoms with van der Waals surface area (Å²) >= 11 is 1.26. The van der Waals surface area contributed by atoms with Gasteiger partial charge in [-0.15, -0.1) is 0 Å². The van der Waals surface area contributed by atoms with Crippen LogP contribution < -0.4 is 10.9 Å². The van der Waals surface area contributed by atoms with Crippen LogP contribution in [0.5, 0.6) is 0 Å². The van der Waals surface area contributed by atoms with E-state index in [9.17, 15) is 9.59 Å². The normalized spacial score (nSPS) is 10.7. The molecule has 0 saturated heterocycles. The van der Waals surface area contributed by atoms with E-state index in [0.717, 1.165) is 5.39 Å². The second kappa shape index (κ2) is 6.39. The lowest BCUT2D eigenvalue weighted by Gasteiger charge is -2.06. The third-order valence-electron chi connectivity index (χ3n) is 2.96. The molecule has 1 amide bonds. The molecule has 0 aliphatic carbocycles. The SMILES string of the molecule is O=C(CSc1ncn[nH]1)NCc1n[nH]c(=O)c2ccccc12. The van der Waals surface area contributed by atoms with Crippen molar-refractivity contribution in [2.24, 2.45) is 0 Å². The molecule has 2 heterocycles. The Bertz CT molecular complexity index is 845. The Hall–Kier alpha value is -2.68. The van der Waals surface area contributed by atoms with Gasteiger partial charge in [-0.05, 0) is 6.07 Å². The molecule has 8 nitrogen and oxygen atoms in total. The van der Waals surface area contributed by atoms with Gasteiger partial charge in [-0.1, -0.05) is 30.0 Å². The van der Waals surface area contributed by atoms with Crippen molar-refractivity contribution in [1.29, 1.82) is 0 Å². The summed E-state index contributed by atoms with van der Waals surface area (Å²) in [6.45, 7) is 0.243. The molecule has 0 aliphatic rings. The van der Waals surface area contributed by atoms with E-state index in [4.69, 9.17) is 0 Å². The molecular formula is C13H12N6O2S. The fraction of sp³-hybridized carbons (Fsp3) is 0.154. The van der Waals surface area contributed by atoms with E-state index >= 15 is 0 Å². The fourth-order valence-corrected chi connectivity index (χ4v) is 2.55. The summed E-state index contributed by atoms with van der Waals surface area (Å²) in [7, 11) is 0. The Balaban J connectivity index is 1.65. The molecule has 9 heteroatoms. The average molecular weight is 316 g/mol. The molecule has 3 aromatic rings. The number of hydrogen-bond donors (Lipinski definition) is 3. The molecule has 0 atom stereocenters. The number of amides is 1. The number of nitrogens with zero attached hydrogens (tertiary/aromatic N) is 3. The first kappa shape index (κ1) is 14.3. The molecule has 0 saturated carbocycles. The Morgan fingerprint density at radius 1 is 1.23 bits per heavy atom. The van der Waals surface area contributed by atoms with Crippen molar-refractivity contribution in [2.75, 3.05) is 5.75 Å². The molecule has 2 aromatic heterocycles. The smallest absolute Gasteiger partial charge is 0.272 e. The topological polar surface area (TPSA) is 116 Å². The minimum absolute atomic E-state index is 0.154. The Morgan fingerprint density at radius 2 is 2.05 bits per heavy atom. The number of carbonyl (C=O) groups is 1. The summed E-state index contributed by atoms with van der Waals surface area (Å²) in [6, 6.07) is 7.14. The highest BCUT2D eigenvalue weighted by atomic mass is 32.2. The van der Waals surface area contributed by atoms with E-state index in [2.05, 4.69) is 30.7 Å². The maximum Gasteiger partial charge on any atom is 0.272 e. The van der Waals surface area contributed by atoms with E-state index in [1.807, 2.05) is 12.1 Å². The van der Waals surface area contributed by atoms with Crippen molar-refractivity contribution in [3.05, 3.63) is 46.6 Å². The van der Waals surface area contributed by atoms with Crippen LogP contribution in [0.25, 0.3) is 10.8 Å². The summed E-state index contributed by atoms with van der Waals surface area (Å²) in [4.78, 5) is 27.4. The number of fused-ring (bicyclic) bond motifs is 1. The van der Waals surface area contributed by atoms with Gasteiger partial charge in [-0.25, -0.2) is 10.1 Å². The van der Waals surface area contributed by atoms with Crippen molar-refractivity contribution < 1.29 is 4.79 Å². The average Bonchev–Trinajstić information content (AvgIpc) is 3.06. The number of rotatable bonds is 5. The third-order valence-corrected chi connectivity index (χ3v) is 3.84. The van der Waals surface area contributed by atoms with Crippen molar-refractivity contribution >= 4 is 28.4 Å². The monoisotopic (exact) mass is 316 g/mol. The van der Waals surface area contributed by atoms with Crippen LogP contribution in [0, 0.1) is 0 Å². The lowest BCUT2D eigenvalue weighted by molar-refractivity contribution is -0.118. The zero-order chi connectivity index (χ0) is 15.4. The van der Waals surface area contributed by atoms with Gasteiger partial charge in [-0.3, -0.25) is 14.7 Å². The standard InChI is InChI=1S/C13H12N6O2S/c20-11(6-22-13-15-7-16-19-13)14-5-10-8-3-1-2-4-9(8)12(21)18-17-10/h1-4,7H,5-6H2,(H,14,20)(H,18,21)(H,15,16,19). The number of aromatic amines is 2. The number of thioether (sulfide) groups is 1. The second-order valence-corrected chi connectivity index (χ2v) is 5.37. The molecule has 0 unspecified atom stereocenters. The number of hydrogen-bond acceptors (Lipinski definition) is 6. The van der Waals surface area contributed by atoms with E-state index < -0.39 is 0 Å². The summed E-state index contributed by atoms with van der Waals surface area (Å²) in [5.41, 5.74) is 0.375. The van der Waals surface area contributed by atoms with Gasteiger partial charge >= 0.3 is 0 Å². The van der Waals surface area contributed by atoms with Crippen molar-refractivity contribution in [1.82, 2.24) is 30.7 Å². The zero-order valence-corrected chi connectivity index (χ0v) is 12.2. The quantitative estimate of drug-likeness (QED) is 0.588. The lowest BCUT2D eigenvalue weighted by atomic mass is 10.1. The number of nitrogens with one attached hydrogen (secondary N) is 3. The molecule has 0 bridgehead atoms. The zero-order valence-electron chi connectivity index (χ0n) is 11.4. The minimum atomic E-state index is -0.244. The molecular weight excluding hydrogens is 304 g/mol. The van der Waals surface area contributed by atoms with Crippen LogP contribution in [0.4, 0.5) is 0 Å². The fourth-order valence-electron chi connectivity index (χ4n) is 1.94. The Morgan fingerprint density at radius 3 is 2.82 bits per heavy atom. The number of benzene rings is 1. The number of carbonyl (C=O) groups excluding carboxylic acids is 1. The highest BCUT2D eigenvalue weighted by Gasteiger charge is 2.08. The van der Waals surface area contributed by atoms with Crippen LogP contribution >= 0.6 is 11.8 Å². The van der Waals surface area contributed by atoms with Gasteiger partial charge in [0.05, 0.1) is 23.4 Å². The summed E-state index contributed by atoms with van der Waals surface area (Å²) in [5.74, 6) is 0.0645. The van der Waals surface area contributed by atoms with Gasteiger partial charge in [0.25, 0.3) is 5.56 Å². The first-order chi connectivity index (χ1) is 10.7. The molecule has 0 fully saturated rings. The first-order valence-electron chi connectivity index (χ1n) is 6.45. The largest absolute Gasteiger partial charge is 0.350 e. The predicted octanol–water partition coefficient (Wildman–Crippen LogP) is 0.450. The van der Waals surface area contributed by atoms with E-state index in [1.54, 1.807) is 12.1 Å². The lowest BCUT2D eigenvalue weighted by Crippen LogP contribution is -2.26. The van der Waals surface area contributed by atoms with Gasteiger partial charge in [0.1, 0.15) is 6.33 Å². The van der Waals surface area contributed by atoms with E-state index in [0.29, 0.717) is 16.2 Å². The van der Waals surface area contributed by atoms with Gasteiger partial charge in [0.15, 0.2) is 5.16 Å². The van der Waals surface area contributed by atoms with E-state index in [1.165, 1.54) is 18.1 Å². The maximum absolute atomic E-state index is 11.8. The minimum Gasteiger partial charge on any atom is -0.350 e. The molecule has 3 rings (SSSR count). The van der Waals surface area contributed by atoms with Crippen LogP contribution in [-0.4, -0.2) is 37.0 Å². The first-order valence-corrected chi connectivity index (χ1v) is 7.44. The molecule has 0 aliphatic heterocycles. The van der Waals surface area contributed by atoms with Crippen LogP contribution in [0.2, 0.25) is 0 Å². The molecule has 1 aromatic carbocycles. The molecule has 112 valence electrons. The molecule has 0 radical (unpaired) electrons. The van der Waals surface area contributed by atoms with Crippen molar-refractivity contribution in [2.45, 2.75) is 11.7 Å². The van der Waals surface area contributed by atoms with Crippen molar-refractivity contribution in [3.63, 3.8) is 0 Å². The number of aromatic nitrogens is 5. The van der Waals surface area contributed by atoms with Gasteiger partial charge in [-0.2, -0.15) is 10.2 Å². The summed E-state index contributed by atoms with van der Waals surface area (Å²) in [6.07, 6.45) is 1.39. The Labute approximate surface area is 128 Å². The third kappa shape index (κ3) is 3.14. The summed E-state index contributed by atoms with van der Waals surface area (Å²) in [5, 5.41) is 17.4. The maximum atomic E-state index is 11.8. The molecule has 3 N–H and O–H groups in total. The highest BCUT2D eigenvalue weighted by molar-refractivity contribution is 7.99. The summed E-state index contributed by atoms with van der Waals surface area (Å²) < 4.78 is 0. The Kier molecular flexibility index (Phi) is 4.15. The van der Waals surface area contributed by atoms with E-state index in [-0.39, 0.29) is 23.8 Å². The van der Waals surface area contributed by atoms with Crippen LogP contribution in [0.3, 0.4) is 0 Å². The molecule has 22 heavy (non-hydrogen) atoms. The number of H-pyrrole nitrogens is 2. The van der Waals surface area contributed by atoms with Crippen LogP contribution in [0.15, 0.2) is 40.5 Å². The molecule has 0 spiro atoms. The predicted molar refractivity (Wildman–Crippen MR) is 81.3 cm³/mol.